The van der Waals surface area contributed by atoms with Gasteiger partial charge in [0.05, 0.1) is 17.4 Å². The number of rotatable bonds is 3. The van der Waals surface area contributed by atoms with Crippen molar-refractivity contribution < 1.29 is 27.5 Å². The Labute approximate surface area is 197 Å². The smallest absolute Gasteiger partial charge is 0.410 e. The van der Waals surface area contributed by atoms with Crippen molar-refractivity contribution in [3.05, 3.63) is 27.6 Å². The summed E-state index contributed by atoms with van der Waals surface area (Å²) in [5, 5.41) is 2.98. The first kappa shape index (κ1) is 24.6. The normalized spacial score (nSPS) is 19.8. The van der Waals surface area contributed by atoms with E-state index in [4.69, 9.17) is 4.74 Å². The molecule has 7 nitrogen and oxygen atoms in total. The second-order valence-corrected chi connectivity index (χ2v) is 10.3. The van der Waals surface area contributed by atoms with Crippen LogP contribution in [0, 0.1) is 9.49 Å². The van der Waals surface area contributed by atoms with Gasteiger partial charge in [-0.2, -0.15) is 13.2 Å². The quantitative estimate of drug-likeness (QED) is 0.553. The molecule has 0 bridgehead atoms. The average Bonchev–Trinajstić information content (AvgIpc) is 3.02. The topological polar surface area (TPSA) is 76.5 Å². The third-order valence-corrected chi connectivity index (χ3v) is 5.78. The number of benzene rings is 1. The van der Waals surface area contributed by atoms with E-state index in [0.717, 1.165) is 10.9 Å². The Bertz CT molecular complexity index is 1020. The summed E-state index contributed by atoms with van der Waals surface area (Å²) >= 11 is 1.97. The van der Waals surface area contributed by atoms with E-state index in [1.807, 2.05) is 29.5 Å². The predicted octanol–water partition coefficient (Wildman–Crippen LogP) is 4.58. The Balaban J connectivity index is 1.73. The summed E-state index contributed by atoms with van der Waals surface area (Å²) in [6.45, 7) is 7.04. The fourth-order valence-electron chi connectivity index (χ4n) is 3.72. The van der Waals surface area contributed by atoms with Gasteiger partial charge in [0.2, 0.25) is 0 Å². The number of halogens is 4. The van der Waals surface area contributed by atoms with Crippen molar-refractivity contribution in [3.63, 3.8) is 0 Å². The number of alkyl halides is 3. The third kappa shape index (κ3) is 6.04. The van der Waals surface area contributed by atoms with E-state index in [-0.39, 0.29) is 34.6 Å². The zero-order valence-electron chi connectivity index (χ0n) is 18.3. The fourth-order valence-corrected chi connectivity index (χ4v) is 4.33. The van der Waals surface area contributed by atoms with Crippen LogP contribution in [-0.2, 0) is 11.3 Å². The van der Waals surface area contributed by atoms with Gasteiger partial charge in [-0.05, 0) is 67.8 Å². The fraction of sp³-hybridized carbons (Fsp3) is 0.571. The molecule has 2 heterocycles. The molecular weight excluding hydrogens is 540 g/mol. The maximum atomic E-state index is 13.0. The number of nitrogens with zero attached hydrogens (tertiary/aromatic N) is 3. The lowest BCUT2D eigenvalue weighted by molar-refractivity contribution is -0.139. The number of likely N-dealkylation sites (tertiary alicyclic amines) is 1. The van der Waals surface area contributed by atoms with Crippen LogP contribution in [0.25, 0.3) is 11.0 Å². The molecule has 1 aliphatic rings. The lowest BCUT2D eigenvalue weighted by Crippen LogP contribution is -2.52. The molecule has 3 rings (SSSR count). The van der Waals surface area contributed by atoms with Gasteiger partial charge >= 0.3 is 12.3 Å². The monoisotopic (exact) mass is 566 g/mol. The van der Waals surface area contributed by atoms with Crippen LogP contribution in [0.4, 0.5) is 18.0 Å². The van der Waals surface area contributed by atoms with Gasteiger partial charge < -0.3 is 19.5 Å². The summed E-state index contributed by atoms with van der Waals surface area (Å²) in [6, 6.07) is 3.00. The highest BCUT2D eigenvalue weighted by Gasteiger charge is 2.33. The number of fused-ring (bicyclic) bond motifs is 1. The Morgan fingerprint density at radius 2 is 1.97 bits per heavy atom. The molecule has 1 aromatic heterocycles. The SMILES string of the molecule is C[C@H]1CN(C(=O)OC(C)(C)C)CC[C@@H]1NC(=O)c1cc(I)cc2c1ncn2CC(F)(F)F. The van der Waals surface area contributed by atoms with E-state index < -0.39 is 24.2 Å². The van der Waals surface area contributed by atoms with Crippen molar-refractivity contribution in [2.45, 2.75) is 58.5 Å². The number of amides is 2. The van der Waals surface area contributed by atoms with Crippen LogP contribution in [0.3, 0.4) is 0 Å². The number of carbonyl (C=O) groups excluding carboxylic acids is 2. The van der Waals surface area contributed by atoms with Crippen molar-refractivity contribution in [3.8, 4) is 0 Å². The number of hydrogen-bond acceptors (Lipinski definition) is 4. The molecule has 176 valence electrons. The van der Waals surface area contributed by atoms with Crippen molar-refractivity contribution in [2.75, 3.05) is 13.1 Å². The average molecular weight is 566 g/mol. The Morgan fingerprint density at radius 3 is 2.56 bits per heavy atom. The van der Waals surface area contributed by atoms with Gasteiger partial charge in [0.1, 0.15) is 17.7 Å². The molecule has 1 aromatic carbocycles. The molecule has 1 N–H and O–H groups in total. The van der Waals surface area contributed by atoms with Gasteiger partial charge in [0.25, 0.3) is 5.91 Å². The van der Waals surface area contributed by atoms with Crippen molar-refractivity contribution >= 4 is 45.6 Å². The standard InChI is InChI=1S/C21H26F3IN4O3/c1-12-9-28(19(31)32-20(2,3)4)6-5-15(12)27-18(30)14-7-13(25)8-16-17(14)26-11-29(16)10-21(22,23)24/h7-8,11-12,15H,5-6,9-10H2,1-4H3,(H,27,30)/t12-,15-/m0/s1. The van der Waals surface area contributed by atoms with Gasteiger partial charge in [0.15, 0.2) is 0 Å². The highest BCUT2D eigenvalue weighted by Crippen LogP contribution is 2.26. The van der Waals surface area contributed by atoms with Crippen LogP contribution in [0.5, 0.6) is 0 Å². The van der Waals surface area contributed by atoms with E-state index in [0.29, 0.717) is 23.1 Å². The minimum Gasteiger partial charge on any atom is -0.444 e. The molecule has 1 aliphatic heterocycles. The molecule has 32 heavy (non-hydrogen) atoms. The zero-order valence-corrected chi connectivity index (χ0v) is 20.5. The maximum absolute atomic E-state index is 13.0. The summed E-state index contributed by atoms with van der Waals surface area (Å²) < 4.78 is 45.7. The Morgan fingerprint density at radius 1 is 1.28 bits per heavy atom. The number of carbonyl (C=O) groups is 2. The number of ether oxygens (including phenoxy) is 1. The highest BCUT2D eigenvalue weighted by atomic mass is 127. The number of hydrogen-bond donors (Lipinski definition) is 1. The first-order valence-electron chi connectivity index (χ1n) is 10.2. The lowest BCUT2D eigenvalue weighted by Gasteiger charge is -2.37. The van der Waals surface area contributed by atoms with Gasteiger partial charge in [-0.1, -0.05) is 6.92 Å². The molecule has 2 atom stereocenters. The Kier molecular flexibility index (Phi) is 6.97. The first-order valence-corrected chi connectivity index (χ1v) is 11.3. The van der Waals surface area contributed by atoms with E-state index in [9.17, 15) is 22.8 Å². The third-order valence-electron chi connectivity index (χ3n) is 5.16. The van der Waals surface area contributed by atoms with Gasteiger partial charge in [-0.25, -0.2) is 9.78 Å². The van der Waals surface area contributed by atoms with E-state index in [1.165, 1.54) is 0 Å². The maximum Gasteiger partial charge on any atom is 0.410 e. The molecule has 1 fully saturated rings. The van der Waals surface area contributed by atoms with Crippen molar-refractivity contribution in [2.24, 2.45) is 5.92 Å². The molecule has 0 spiro atoms. The second kappa shape index (κ2) is 9.06. The van der Waals surface area contributed by atoms with Gasteiger partial charge in [-0.15, -0.1) is 0 Å². The summed E-state index contributed by atoms with van der Waals surface area (Å²) in [4.78, 5) is 31.1. The summed E-state index contributed by atoms with van der Waals surface area (Å²) in [5.41, 5.74) is 0.129. The molecule has 0 radical (unpaired) electrons. The molecular formula is C21H26F3IN4O3. The molecule has 0 unspecified atom stereocenters. The molecule has 1 saturated heterocycles. The number of nitrogens with one attached hydrogen (secondary N) is 1. The molecule has 0 saturated carbocycles. The van der Waals surface area contributed by atoms with E-state index in [2.05, 4.69) is 10.3 Å². The summed E-state index contributed by atoms with van der Waals surface area (Å²) in [5.74, 6) is -0.422. The van der Waals surface area contributed by atoms with Crippen LogP contribution in [0.15, 0.2) is 18.5 Å². The Hall–Kier alpha value is -2.05. The van der Waals surface area contributed by atoms with Crippen LogP contribution in [0.1, 0.15) is 44.5 Å². The van der Waals surface area contributed by atoms with Crippen molar-refractivity contribution in [1.82, 2.24) is 19.8 Å². The van der Waals surface area contributed by atoms with Crippen molar-refractivity contribution in [1.29, 1.82) is 0 Å². The largest absolute Gasteiger partial charge is 0.444 e. The molecule has 2 amide bonds. The lowest BCUT2D eigenvalue weighted by atomic mass is 9.93. The van der Waals surface area contributed by atoms with E-state index >= 15 is 0 Å². The highest BCUT2D eigenvalue weighted by molar-refractivity contribution is 14.1. The van der Waals surface area contributed by atoms with Gasteiger partial charge in [-0.3, -0.25) is 4.79 Å². The molecule has 2 aromatic rings. The second-order valence-electron chi connectivity index (χ2n) is 9.08. The minimum absolute atomic E-state index is 0.0266. The number of imidazole rings is 1. The zero-order chi connectivity index (χ0) is 23.8. The predicted molar refractivity (Wildman–Crippen MR) is 121 cm³/mol. The molecule has 11 heteroatoms. The van der Waals surface area contributed by atoms with E-state index in [1.54, 1.807) is 37.8 Å². The number of aromatic nitrogens is 2. The van der Waals surface area contributed by atoms with Crippen LogP contribution < -0.4 is 5.32 Å². The van der Waals surface area contributed by atoms with Crippen LogP contribution >= 0.6 is 22.6 Å². The van der Waals surface area contributed by atoms with Crippen LogP contribution in [0.2, 0.25) is 0 Å². The summed E-state index contributed by atoms with van der Waals surface area (Å²) in [7, 11) is 0. The first-order chi connectivity index (χ1) is 14.7. The van der Waals surface area contributed by atoms with Gasteiger partial charge in [0, 0.05) is 22.7 Å². The van der Waals surface area contributed by atoms with Crippen LogP contribution in [-0.4, -0.2) is 57.4 Å². The summed E-state index contributed by atoms with van der Waals surface area (Å²) in [6.07, 6.45) is -3.13. The minimum atomic E-state index is -4.39. The number of piperidine rings is 1. The molecule has 0 aliphatic carbocycles.